The number of halogens is 1. The van der Waals surface area contributed by atoms with E-state index in [0.29, 0.717) is 4.88 Å². The van der Waals surface area contributed by atoms with Gasteiger partial charge in [0.05, 0.1) is 10.3 Å². The Kier molecular flexibility index (Phi) is 6.73. The molecule has 2 aliphatic heterocycles. The monoisotopic (exact) mass is 501 g/mol. The van der Waals surface area contributed by atoms with Crippen LogP contribution >= 0.6 is 22.9 Å². The number of likely N-dealkylation sites (tertiary alicyclic amines) is 1. The number of amides is 2. The van der Waals surface area contributed by atoms with E-state index in [0.717, 1.165) is 48.2 Å². The van der Waals surface area contributed by atoms with Crippen molar-refractivity contribution < 1.29 is 19.1 Å². The van der Waals surface area contributed by atoms with E-state index in [2.05, 4.69) is 10.3 Å². The molecule has 0 spiro atoms. The lowest BCUT2D eigenvalue weighted by atomic mass is 9.83. The normalized spacial score (nSPS) is 25.9. The van der Waals surface area contributed by atoms with Crippen LogP contribution in [0, 0.1) is 12.8 Å². The lowest BCUT2D eigenvalue weighted by Crippen LogP contribution is -2.55. The standard InChI is InChI=1S/C25H28ClN3O4S/c1-14-16(8-5-11-27-14)19-9-10-20(34-19)24(31)28-21(15-6-3-2-4-7-15)25(32)29-12-17(26)23-22(29)18(30)13-33-23/h5,8-11,15,17,21-23H,2-4,6-7,12-13H2,1H3,(H,28,31)/t17-,21-,22+,23+/m0/s1. The van der Waals surface area contributed by atoms with Crippen molar-refractivity contribution in [2.45, 2.75) is 62.6 Å². The summed E-state index contributed by atoms with van der Waals surface area (Å²) in [6.07, 6.45) is 6.21. The number of aryl methyl sites for hydroxylation is 1. The lowest BCUT2D eigenvalue weighted by Gasteiger charge is -2.34. The van der Waals surface area contributed by atoms with Gasteiger partial charge in [0, 0.05) is 28.9 Å². The molecule has 2 amide bonds. The van der Waals surface area contributed by atoms with Crippen molar-refractivity contribution in [3.8, 4) is 10.4 Å². The molecule has 7 nitrogen and oxygen atoms in total. The number of nitrogens with zero attached hydrogens (tertiary/aromatic N) is 2. The first-order valence-corrected chi connectivity index (χ1v) is 13.1. The minimum atomic E-state index is -0.686. The molecule has 0 unspecified atom stereocenters. The molecule has 9 heteroatoms. The Morgan fingerprint density at radius 2 is 2.03 bits per heavy atom. The van der Waals surface area contributed by atoms with Crippen LogP contribution in [-0.4, -0.2) is 64.2 Å². The van der Waals surface area contributed by atoms with Crippen LogP contribution in [-0.2, 0) is 14.3 Å². The van der Waals surface area contributed by atoms with Crippen molar-refractivity contribution in [3.05, 3.63) is 41.0 Å². The van der Waals surface area contributed by atoms with Gasteiger partial charge in [0.2, 0.25) is 5.91 Å². The molecule has 3 fully saturated rings. The van der Waals surface area contributed by atoms with E-state index in [9.17, 15) is 14.4 Å². The minimum absolute atomic E-state index is 0.0193. The average Bonchev–Trinajstić information content (AvgIpc) is 3.56. The molecule has 0 aromatic carbocycles. The Labute approximate surface area is 207 Å². The number of hydrogen-bond donors (Lipinski definition) is 1. The van der Waals surface area contributed by atoms with Crippen molar-refractivity contribution in [2.75, 3.05) is 13.2 Å². The molecule has 5 rings (SSSR count). The maximum Gasteiger partial charge on any atom is 0.262 e. The molecule has 1 saturated carbocycles. The molecule has 4 atom stereocenters. The van der Waals surface area contributed by atoms with Gasteiger partial charge in [0.15, 0.2) is 5.78 Å². The van der Waals surface area contributed by atoms with Crippen molar-refractivity contribution in [2.24, 2.45) is 5.92 Å². The van der Waals surface area contributed by atoms with Crippen LogP contribution in [0.2, 0.25) is 0 Å². The maximum atomic E-state index is 13.8. The van der Waals surface area contributed by atoms with Gasteiger partial charge < -0.3 is 15.0 Å². The highest BCUT2D eigenvalue weighted by molar-refractivity contribution is 7.17. The molecule has 3 aliphatic rings. The SMILES string of the molecule is Cc1ncccc1-c1ccc(C(=O)N[C@H](C(=O)N2C[C@H](Cl)[C@H]3OCC(=O)[C@H]32)C2CCCCC2)s1. The zero-order valence-electron chi connectivity index (χ0n) is 19.0. The van der Waals surface area contributed by atoms with Gasteiger partial charge in [-0.3, -0.25) is 19.4 Å². The molecule has 1 N–H and O–H groups in total. The van der Waals surface area contributed by atoms with Crippen molar-refractivity contribution >= 4 is 40.5 Å². The molecule has 34 heavy (non-hydrogen) atoms. The predicted molar refractivity (Wildman–Crippen MR) is 130 cm³/mol. The number of Topliss-reactive ketones (excluding diaryl/α,β-unsaturated/α-hetero) is 1. The second kappa shape index (κ2) is 9.76. The predicted octanol–water partition coefficient (Wildman–Crippen LogP) is 3.58. The number of nitrogens with one attached hydrogen (secondary N) is 1. The largest absolute Gasteiger partial charge is 0.366 e. The van der Waals surface area contributed by atoms with Gasteiger partial charge in [0.1, 0.15) is 24.8 Å². The Hall–Kier alpha value is -2.29. The third-order valence-electron chi connectivity index (χ3n) is 7.18. The van der Waals surface area contributed by atoms with E-state index in [-0.39, 0.29) is 36.7 Å². The number of carbonyl (C=O) groups is 3. The summed E-state index contributed by atoms with van der Waals surface area (Å²) in [7, 11) is 0. The van der Waals surface area contributed by atoms with E-state index < -0.39 is 23.6 Å². The van der Waals surface area contributed by atoms with Gasteiger partial charge >= 0.3 is 0 Å². The molecule has 1 aliphatic carbocycles. The van der Waals surface area contributed by atoms with Crippen LogP contribution in [0.15, 0.2) is 30.5 Å². The van der Waals surface area contributed by atoms with Crippen molar-refractivity contribution in [1.29, 1.82) is 0 Å². The van der Waals surface area contributed by atoms with Gasteiger partial charge in [-0.1, -0.05) is 25.3 Å². The van der Waals surface area contributed by atoms with Crippen LogP contribution in [0.1, 0.15) is 47.5 Å². The molecule has 2 saturated heterocycles. The molecular weight excluding hydrogens is 474 g/mol. The fourth-order valence-corrected chi connectivity index (χ4v) is 6.76. The Bertz CT molecular complexity index is 1100. The highest BCUT2D eigenvalue weighted by Gasteiger charge is 2.53. The second-order valence-electron chi connectivity index (χ2n) is 9.34. The topological polar surface area (TPSA) is 88.6 Å². The number of ether oxygens (including phenoxy) is 1. The smallest absolute Gasteiger partial charge is 0.262 e. The van der Waals surface area contributed by atoms with E-state index >= 15 is 0 Å². The molecule has 2 aromatic heterocycles. The van der Waals surface area contributed by atoms with E-state index in [1.165, 1.54) is 11.3 Å². The summed E-state index contributed by atoms with van der Waals surface area (Å²) < 4.78 is 5.55. The van der Waals surface area contributed by atoms with Gasteiger partial charge in [0.25, 0.3) is 5.91 Å². The number of pyridine rings is 1. The molecule has 2 aromatic rings. The lowest BCUT2D eigenvalue weighted by molar-refractivity contribution is -0.139. The maximum absolute atomic E-state index is 13.8. The molecule has 0 bridgehead atoms. The van der Waals surface area contributed by atoms with Crippen molar-refractivity contribution in [1.82, 2.24) is 15.2 Å². The average molecular weight is 502 g/mol. The third-order valence-corrected chi connectivity index (χ3v) is 8.69. The minimum Gasteiger partial charge on any atom is -0.366 e. The first-order chi connectivity index (χ1) is 16.4. The highest BCUT2D eigenvalue weighted by Crippen LogP contribution is 2.34. The van der Waals surface area contributed by atoms with Crippen LogP contribution in [0.3, 0.4) is 0 Å². The van der Waals surface area contributed by atoms with E-state index in [4.69, 9.17) is 16.3 Å². The summed E-state index contributed by atoms with van der Waals surface area (Å²) >= 11 is 7.81. The van der Waals surface area contributed by atoms with Gasteiger partial charge in [-0.25, -0.2) is 0 Å². The van der Waals surface area contributed by atoms with E-state index in [1.807, 2.05) is 25.1 Å². The number of fused-ring (bicyclic) bond motifs is 1. The highest BCUT2D eigenvalue weighted by atomic mass is 35.5. The zero-order chi connectivity index (χ0) is 23.8. The van der Waals surface area contributed by atoms with Gasteiger partial charge in [-0.15, -0.1) is 22.9 Å². The molecule has 0 radical (unpaired) electrons. The van der Waals surface area contributed by atoms with Crippen LogP contribution in [0.25, 0.3) is 10.4 Å². The first-order valence-electron chi connectivity index (χ1n) is 11.9. The number of ketones is 1. The Morgan fingerprint density at radius 1 is 1.24 bits per heavy atom. The fourth-order valence-electron chi connectivity index (χ4n) is 5.41. The summed E-state index contributed by atoms with van der Waals surface area (Å²) in [4.78, 5) is 46.9. The number of thiophene rings is 1. The summed E-state index contributed by atoms with van der Waals surface area (Å²) in [6, 6.07) is 6.23. The van der Waals surface area contributed by atoms with Crippen LogP contribution in [0.5, 0.6) is 0 Å². The summed E-state index contributed by atoms with van der Waals surface area (Å²) in [5, 5.41) is 2.61. The van der Waals surface area contributed by atoms with Crippen LogP contribution in [0.4, 0.5) is 0 Å². The summed E-state index contributed by atoms with van der Waals surface area (Å²) in [5.41, 5.74) is 1.89. The van der Waals surface area contributed by atoms with E-state index in [1.54, 1.807) is 17.2 Å². The fraction of sp³-hybridized carbons (Fsp3) is 0.520. The third kappa shape index (κ3) is 4.39. The number of rotatable bonds is 5. The Balaban J connectivity index is 1.38. The van der Waals surface area contributed by atoms with Crippen LogP contribution < -0.4 is 5.32 Å². The molecule has 180 valence electrons. The summed E-state index contributed by atoms with van der Waals surface area (Å²) in [5.74, 6) is -0.577. The quantitative estimate of drug-likeness (QED) is 0.632. The second-order valence-corrected chi connectivity index (χ2v) is 11.0. The van der Waals surface area contributed by atoms with Gasteiger partial charge in [-0.05, 0) is 43.9 Å². The van der Waals surface area contributed by atoms with Crippen molar-refractivity contribution in [3.63, 3.8) is 0 Å². The number of alkyl halides is 1. The molecular formula is C25H28ClN3O4S. The Morgan fingerprint density at radius 3 is 2.79 bits per heavy atom. The number of hydrogen-bond acceptors (Lipinski definition) is 6. The summed E-state index contributed by atoms with van der Waals surface area (Å²) in [6.45, 7) is 2.17. The molecule has 4 heterocycles. The zero-order valence-corrected chi connectivity index (χ0v) is 20.6. The first kappa shape index (κ1) is 23.5. The number of aromatic nitrogens is 1. The number of carbonyl (C=O) groups excluding carboxylic acids is 3. The van der Waals surface area contributed by atoms with Gasteiger partial charge in [-0.2, -0.15) is 0 Å².